The van der Waals surface area contributed by atoms with Crippen molar-refractivity contribution in [3.63, 3.8) is 0 Å². The van der Waals surface area contributed by atoms with Crippen molar-refractivity contribution in [1.82, 2.24) is 0 Å². The summed E-state index contributed by atoms with van der Waals surface area (Å²) in [6.07, 6.45) is 1.53. The number of benzene rings is 1. The van der Waals surface area contributed by atoms with E-state index in [0.717, 1.165) is 18.4 Å². The van der Waals surface area contributed by atoms with Crippen LogP contribution < -0.4 is 0 Å². The van der Waals surface area contributed by atoms with Gasteiger partial charge < -0.3 is 9.84 Å². The van der Waals surface area contributed by atoms with E-state index in [0.29, 0.717) is 5.02 Å². The summed E-state index contributed by atoms with van der Waals surface area (Å²) in [5, 5.41) is 13.7. The predicted octanol–water partition coefficient (Wildman–Crippen LogP) is 4.39. The van der Waals surface area contributed by atoms with Gasteiger partial charge in [-0.25, -0.2) is 0 Å². The minimum atomic E-state index is -1.15. The van der Waals surface area contributed by atoms with Crippen LogP contribution in [0.2, 0.25) is 5.02 Å². The molecule has 0 spiro atoms. The fourth-order valence-corrected chi connectivity index (χ4v) is 3.60. The highest BCUT2D eigenvalue weighted by atomic mass is 35.5. The van der Waals surface area contributed by atoms with Gasteiger partial charge in [-0.3, -0.25) is 4.79 Å². The molecule has 1 N–H and O–H groups in total. The maximum Gasteiger partial charge on any atom is 0.313 e. The highest BCUT2D eigenvalue weighted by Gasteiger charge is 2.38. The van der Waals surface area contributed by atoms with Crippen LogP contribution in [0.1, 0.15) is 38.2 Å². The highest BCUT2D eigenvalue weighted by molar-refractivity contribution is 6.30. The van der Waals surface area contributed by atoms with Crippen LogP contribution in [-0.2, 0) is 9.53 Å². The van der Waals surface area contributed by atoms with Crippen molar-refractivity contribution in [2.24, 2.45) is 11.0 Å². The molecule has 1 unspecified atom stereocenters. The van der Waals surface area contributed by atoms with Gasteiger partial charge in [0.25, 0.3) is 0 Å². The minimum absolute atomic E-state index is 0.0408. The van der Waals surface area contributed by atoms with Crippen molar-refractivity contribution >= 4 is 17.6 Å². The fourth-order valence-electron chi connectivity index (χ4n) is 3.48. The summed E-state index contributed by atoms with van der Waals surface area (Å²) in [7, 11) is 0. The average molecular weight is 338 g/mol. The van der Waals surface area contributed by atoms with Crippen LogP contribution in [0, 0.1) is 5.92 Å². The van der Waals surface area contributed by atoms with E-state index in [1.54, 1.807) is 24.3 Å². The normalized spacial score (nSPS) is 26.8. The maximum absolute atomic E-state index is 11.7. The topological polar surface area (TPSA) is 95.3 Å². The van der Waals surface area contributed by atoms with Crippen LogP contribution in [0.25, 0.3) is 10.4 Å². The number of azide groups is 1. The smallest absolute Gasteiger partial charge is 0.313 e. The molecule has 0 saturated carbocycles. The Morgan fingerprint density at radius 1 is 1.35 bits per heavy atom. The minimum Gasteiger partial charge on any atom is -0.481 e. The number of hydrogen-bond donors (Lipinski definition) is 1. The number of carboxylic acids is 1. The number of nitrogens with zero attached hydrogens (tertiary/aromatic N) is 3. The molecule has 124 valence electrons. The van der Waals surface area contributed by atoms with Gasteiger partial charge in [-0.15, -0.1) is 0 Å². The van der Waals surface area contributed by atoms with Gasteiger partial charge in [0.1, 0.15) is 6.04 Å². The standard InChI is InChI=1S/C16H20ClN3O3/c1-9-7-12(8-10(2)23-9)14(15(16(21)22)19-20-18)11-3-5-13(17)6-4-11/h3-6,9-10,12,14-15H,7-8H2,1-2H3,(H,21,22)/t9-,10+,12?,14-,15-/m0/s1. The molecule has 0 amide bonds. The Hall–Kier alpha value is -1.75. The van der Waals surface area contributed by atoms with Crippen LogP contribution in [0.5, 0.6) is 0 Å². The molecule has 23 heavy (non-hydrogen) atoms. The molecule has 0 aliphatic carbocycles. The molecular formula is C16H20ClN3O3. The Morgan fingerprint density at radius 2 is 1.91 bits per heavy atom. The van der Waals surface area contributed by atoms with Crippen molar-refractivity contribution in [2.45, 2.75) is 50.9 Å². The zero-order valence-electron chi connectivity index (χ0n) is 13.1. The molecule has 1 fully saturated rings. The Bertz CT molecular complexity index is 589. The Kier molecular flexibility index (Phi) is 5.88. The summed E-state index contributed by atoms with van der Waals surface area (Å²) in [4.78, 5) is 14.4. The Balaban J connectivity index is 2.43. The molecule has 2 rings (SSSR count). The van der Waals surface area contributed by atoms with Gasteiger partial charge in [-0.05, 0) is 55.8 Å². The molecule has 6 nitrogen and oxygen atoms in total. The molecule has 1 heterocycles. The van der Waals surface area contributed by atoms with E-state index in [-0.39, 0.29) is 18.1 Å². The number of carbonyl (C=O) groups is 1. The van der Waals surface area contributed by atoms with Gasteiger partial charge in [0.15, 0.2) is 0 Å². The quantitative estimate of drug-likeness (QED) is 0.490. The summed E-state index contributed by atoms with van der Waals surface area (Å²) < 4.78 is 5.75. The summed E-state index contributed by atoms with van der Waals surface area (Å²) in [5.74, 6) is -1.47. The molecule has 1 aromatic rings. The SMILES string of the molecule is C[C@@H]1CC([C@H](c2ccc(Cl)cc2)[C@H](N=[N+]=[N-])C(=O)O)C[C@H](C)O1. The van der Waals surface area contributed by atoms with E-state index in [9.17, 15) is 9.90 Å². The molecule has 1 saturated heterocycles. The number of carboxylic acid groups (broad SMARTS) is 1. The average Bonchev–Trinajstić information content (AvgIpc) is 2.47. The summed E-state index contributed by atoms with van der Waals surface area (Å²) in [6, 6.07) is 5.92. The van der Waals surface area contributed by atoms with E-state index >= 15 is 0 Å². The van der Waals surface area contributed by atoms with Crippen molar-refractivity contribution in [1.29, 1.82) is 0 Å². The lowest BCUT2D eigenvalue weighted by Crippen LogP contribution is -2.38. The maximum atomic E-state index is 11.7. The third-order valence-corrected chi connectivity index (χ3v) is 4.52. The molecule has 0 radical (unpaired) electrons. The van der Waals surface area contributed by atoms with Gasteiger partial charge in [0, 0.05) is 15.9 Å². The first-order valence-corrected chi connectivity index (χ1v) is 7.98. The highest BCUT2D eigenvalue weighted by Crippen LogP contribution is 2.40. The van der Waals surface area contributed by atoms with Crippen molar-refractivity contribution in [2.75, 3.05) is 0 Å². The Labute approximate surface area is 140 Å². The first kappa shape index (κ1) is 17.6. The van der Waals surface area contributed by atoms with E-state index in [2.05, 4.69) is 10.0 Å². The van der Waals surface area contributed by atoms with Crippen LogP contribution in [0.3, 0.4) is 0 Å². The fraction of sp³-hybridized carbons (Fsp3) is 0.562. The van der Waals surface area contributed by atoms with E-state index in [1.807, 2.05) is 13.8 Å². The van der Waals surface area contributed by atoms with Crippen LogP contribution in [-0.4, -0.2) is 29.3 Å². The van der Waals surface area contributed by atoms with Crippen molar-refractivity contribution in [3.8, 4) is 0 Å². The van der Waals surface area contributed by atoms with Gasteiger partial charge in [-0.1, -0.05) is 28.8 Å². The first-order valence-electron chi connectivity index (χ1n) is 7.60. The molecule has 7 heteroatoms. The predicted molar refractivity (Wildman–Crippen MR) is 87.5 cm³/mol. The van der Waals surface area contributed by atoms with Gasteiger partial charge in [0.2, 0.25) is 0 Å². The first-order chi connectivity index (χ1) is 10.9. The summed E-state index contributed by atoms with van der Waals surface area (Å²) in [6.45, 7) is 3.95. The molecule has 0 bridgehead atoms. The molecule has 1 aromatic carbocycles. The van der Waals surface area contributed by atoms with Crippen LogP contribution in [0.4, 0.5) is 0 Å². The number of hydrogen-bond acceptors (Lipinski definition) is 3. The largest absolute Gasteiger partial charge is 0.481 e. The number of aliphatic carboxylic acids is 1. The molecule has 1 aliphatic rings. The number of rotatable bonds is 5. The second kappa shape index (κ2) is 7.68. The molecule has 1 aliphatic heterocycles. The molecule has 5 atom stereocenters. The number of halogens is 1. The lowest BCUT2D eigenvalue weighted by Gasteiger charge is -2.38. The third kappa shape index (κ3) is 4.38. The van der Waals surface area contributed by atoms with Gasteiger partial charge in [-0.2, -0.15) is 0 Å². The van der Waals surface area contributed by atoms with Gasteiger partial charge >= 0.3 is 5.97 Å². The number of ether oxygens (including phenoxy) is 1. The lowest BCUT2D eigenvalue weighted by atomic mass is 9.74. The third-order valence-electron chi connectivity index (χ3n) is 4.27. The van der Waals surface area contributed by atoms with Crippen LogP contribution >= 0.6 is 11.6 Å². The zero-order valence-corrected chi connectivity index (χ0v) is 13.8. The van der Waals surface area contributed by atoms with Crippen LogP contribution in [0.15, 0.2) is 29.4 Å². The Morgan fingerprint density at radius 3 is 2.39 bits per heavy atom. The van der Waals surface area contributed by atoms with Gasteiger partial charge in [0.05, 0.1) is 12.2 Å². The molecular weight excluding hydrogens is 318 g/mol. The second-order valence-corrected chi connectivity index (χ2v) is 6.49. The zero-order chi connectivity index (χ0) is 17.0. The van der Waals surface area contributed by atoms with Crippen molar-refractivity contribution < 1.29 is 14.6 Å². The van der Waals surface area contributed by atoms with E-state index in [1.165, 1.54) is 0 Å². The second-order valence-electron chi connectivity index (χ2n) is 6.05. The summed E-state index contributed by atoms with van der Waals surface area (Å²) in [5.41, 5.74) is 9.60. The van der Waals surface area contributed by atoms with E-state index < -0.39 is 17.9 Å². The lowest BCUT2D eigenvalue weighted by molar-refractivity contribution is -0.140. The molecule has 0 aromatic heterocycles. The summed E-state index contributed by atoms with van der Waals surface area (Å²) >= 11 is 5.93. The monoisotopic (exact) mass is 337 g/mol. The van der Waals surface area contributed by atoms with Crippen molar-refractivity contribution in [3.05, 3.63) is 45.3 Å². The van der Waals surface area contributed by atoms with E-state index in [4.69, 9.17) is 21.9 Å².